The van der Waals surface area contributed by atoms with E-state index in [2.05, 4.69) is 15.5 Å². The molecule has 6 heteroatoms. The first kappa shape index (κ1) is 14.6. The molecular formula is C14H22N4O2. The van der Waals surface area contributed by atoms with E-state index in [1.807, 2.05) is 17.8 Å². The van der Waals surface area contributed by atoms with Crippen LogP contribution >= 0.6 is 0 Å². The van der Waals surface area contributed by atoms with Gasteiger partial charge in [-0.05, 0) is 12.5 Å². The normalized spacial score (nSPS) is 19.0. The molecule has 0 radical (unpaired) electrons. The maximum Gasteiger partial charge on any atom is 0.252 e. The summed E-state index contributed by atoms with van der Waals surface area (Å²) in [6.07, 6.45) is 4.64. The topological polar surface area (TPSA) is 66.4 Å². The number of aryl methyl sites for hydroxylation is 1. The molecule has 1 aliphatic heterocycles. The molecule has 2 rings (SSSR count). The summed E-state index contributed by atoms with van der Waals surface area (Å²) in [5, 5.41) is 5.84. The number of carbonyl (C=O) groups excluding carboxylic acids is 2. The van der Waals surface area contributed by atoms with Gasteiger partial charge in [-0.25, -0.2) is 0 Å². The fourth-order valence-electron chi connectivity index (χ4n) is 2.51. The molecule has 2 amide bonds. The van der Waals surface area contributed by atoms with E-state index in [0.29, 0.717) is 12.1 Å². The second-order valence-corrected chi connectivity index (χ2v) is 5.31. The molecule has 110 valence electrons. The predicted octanol–water partition coefficient (Wildman–Crippen LogP) is -0.0347. The van der Waals surface area contributed by atoms with Crippen molar-refractivity contribution in [1.29, 1.82) is 0 Å². The van der Waals surface area contributed by atoms with E-state index >= 15 is 0 Å². The molecule has 0 bridgehead atoms. The van der Waals surface area contributed by atoms with Crippen LogP contribution in [-0.2, 0) is 11.8 Å². The van der Waals surface area contributed by atoms with Crippen LogP contribution in [-0.4, -0.2) is 53.5 Å². The fraction of sp³-hybridized carbons (Fsp3) is 0.571. The van der Waals surface area contributed by atoms with Crippen molar-refractivity contribution in [3.63, 3.8) is 0 Å². The summed E-state index contributed by atoms with van der Waals surface area (Å²) in [6, 6.07) is 2.05. The quantitative estimate of drug-likeness (QED) is 0.794. The lowest BCUT2D eigenvalue weighted by Gasteiger charge is -2.16. The Morgan fingerprint density at radius 1 is 1.45 bits per heavy atom. The number of likely N-dealkylation sites (tertiary alicyclic amines) is 1. The van der Waals surface area contributed by atoms with Gasteiger partial charge in [-0.2, -0.15) is 0 Å². The summed E-state index contributed by atoms with van der Waals surface area (Å²) in [5.74, 6) is -0.0163. The van der Waals surface area contributed by atoms with Crippen LogP contribution in [0.4, 0.5) is 0 Å². The van der Waals surface area contributed by atoms with Crippen LogP contribution in [0.15, 0.2) is 18.5 Å². The van der Waals surface area contributed by atoms with E-state index in [9.17, 15) is 9.59 Å². The van der Waals surface area contributed by atoms with Crippen molar-refractivity contribution >= 4 is 11.8 Å². The highest BCUT2D eigenvalue weighted by molar-refractivity contribution is 5.93. The first-order valence-corrected chi connectivity index (χ1v) is 6.94. The number of nitrogens with zero attached hydrogens (tertiary/aromatic N) is 2. The fourth-order valence-corrected chi connectivity index (χ4v) is 2.51. The summed E-state index contributed by atoms with van der Waals surface area (Å²) >= 11 is 0. The van der Waals surface area contributed by atoms with Gasteiger partial charge in [-0.15, -0.1) is 0 Å². The van der Waals surface area contributed by atoms with Crippen LogP contribution in [0.5, 0.6) is 0 Å². The Hall–Kier alpha value is -1.82. The zero-order chi connectivity index (χ0) is 14.5. The molecule has 20 heavy (non-hydrogen) atoms. The molecule has 0 saturated carbocycles. The molecule has 6 nitrogen and oxygen atoms in total. The van der Waals surface area contributed by atoms with Crippen LogP contribution in [0.3, 0.4) is 0 Å². The Kier molecular flexibility index (Phi) is 4.79. The van der Waals surface area contributed by atoms with Gasteiger partial charge in [0.05, 0.1) is 5.56 Å². The van der Waals surface area contributed by atoms with Crippen molar-refractivity contribution in [2.24, 2.45) is 7.05 Å². The van der Waals surface area contributed by atoms with Crippen molar-refractivity contribution in [3.8, 4) is 0 Å². The SMILES string of the molecule is CC(=O)NC1CCN(CCNC(=O)c2ccn(C)c2)C1. The highest BCUT2D eigenvalue weighted by Gasteiger charge is 2.22. The minimum atomic E-state index is -0.0387. The molecule has 1 aromatic rings. The van der Waals surface area contributed by atoms with E-state index in [0.717, 1.165) is 26.1 Å². The van der Waals surface area contributed by atoms with Crippen LogP contribution in [0.25, 0.3) is 0 Å². The Balaban J connectivity index is 1.67. The van der Waals surface area contributed by atoms with Gasteiger partial charge in [-0.1, -0.05) is 0 Å². The maximum atomic E-state index is 11.8. The molecule has 1 aliphatic rings. The number of nitrogens with one attached hydrogen (secondary N) is 2. The Morgan fingerprint density at radius 2 is 2.25 bits per heavy atom. The lowest BCUT2D eigenvalue weighted by Crippen LogP contribution is -2.38. The average molecular weight is 278 g/mol. The first-order valence-electron chi connectivity index (χ1n) is 6.94. The van der Waals surface area contributed by atoms with E-state index in [1.165, 1.54) is 0 Å². The van der Waals surface area contributed by atoms with E-state index in [4.69, 9.17) is 0 Å². The van der Waals surface area contributed by atoms with Gasteiger partial charge in [-0.3, -0.25) is 14.5 Å². The van der Waals surface area contributed by atoms with Crippen molar-refractivity contribution in [2.45, 2.75) is 19.4 Å². The molecule has 2 N–H and O–H groups in total. The van der Waals surface area contributed by atoms with Crippen molar-refractivity contribution in [3.05, 3.63) is 24.0 Å². The molecule has 1 saturated heterocycles. The molecule has 1 unspecified atom stereocenters. The second kappa shape index (κ2) is 6.56. The van der Waals surface area contributed by atoms with Gasteiger partial charge in [0.2, 0.25) is 5.91 Å². The van der Waals surface area contributed by atoms with Gasteiger partial charge >= 0.3 is 0 Å². The van der Waals surface area contributed by atoms with Crippen LogP contribution in [0, 0.1) is 0 Å². The van der Waals surface area contributed by atoms with Gasteiger partial charge in [0.25, 0.3) is 5.91 Å². The van der Waals surface area contributed by atoms with Gasteiger partial charge in [0.1, 0.15) is 0 Å². The highest BCUT2D eigenvalue weighted by atomic mass is 16.2. The first-order chi connectivity index (χ1) is 9.54. The molecule has 1 atom stereocenters. The number of hydrogen-bond acceptors (Lipinski definition) is 3. The summed E-state index contributed by atoms with van der Waals surface area (Å²) < 4.78 is 1.85. The third kappa shape index (κ3) is 4.09. The van der Waals surface area contributed by atoms with Gasteiger partial charge in [0, 0.05) is 58.6 Å². The molecule has 2 heterocycles. The molecule has 0 aromatic carbocycles. The Labute approximate surface area is 119 Å². The monoisotopic (exact) mass is 278 g/mol. The zero-order valence-electron chi connectivity index (χ0n) is 12.1. The zero-order valence-corrected chi connectivity index (χ0v) is 12.1. The van der Waals surface area contributed by atoms with Gasteiger partial charge in [0.15, 0.2) is 0 Å². The number of hydrogen-bond donors (Lipinski definition) is 2. The number of aromatic nitrogens is 1. The van der Waals surface area contributed by atoms with E-state index in [-0.39, 0.29) is 17.9 Å². The minimum Gasteiger partial charge on any atom is -0.356 e. The minimum absolute atomic E-state index is 0.0224. The Morgan fingerprint density at radius 3 is 2.90 bits per heavy atom. The van der Waals surface area contributed by atoms with Crippen LogP contribution < -0.4 is 10.6 Å². The molecular weight excluding hydrogens is 256 g/mol. The van der Waals surface area contributed by atoms with Crippen molar-refractivity contribution in [1.82, 2.24) is 20.1 Å². The number of amides is 2. The predicted molar refractivity (Wildman–Crippen MR) is 76.4 cm³/mol. The standard InChI is InChI=1S/C14H22N4O2/c1-11(19)16-13-4-7-18(10-13)8-5-15-14(20)12-3-6-17(2)9-12/h3,6,9,13H,4-5,7-8,10H2,1-2H3,(H,15,20)(H,16,19). The summed E-state index contributed by atoms with van der Waals surface area (Å²) in [4.78, 5) is 25.1. The van der Waals surface area contributed by atoms with E-state index in [1.54, 1.807) is 19.2 Å². The summed E-state index contributed by atoms with van der Waals surface area (Å²) in [7, 11) is 1.89. The maximum absolute atomic E-state index is 11.8. The van der Waals surface area contributed by atoms with Crippen molar-refractivity contribution < 1.29 is 9.59 Å². The number of rotatable bonds is 5. The third-order valence-electron chi connectivity index (χ3n) is 3.49. The average Bonchev–Trinajstić information content (AvgIpc) is 2.98. The Bertz CT molecular complexity index is 483. The lowest BCUT2D eigenvalue weighted by molar-refractivity contribution is -0.119. The molecule has 0 spiro atoms. The smallest absolute Gasteiger partial charge is 0.252 e. The van der Waals surface area contributed by atoms with E-state index < -0.39 is 0 Å². The summed E-state index contributed by atoms with van der Waals surface area (Å²) in [5.41, 5.74) is 0.685. The lowest BCUT2D eigenvalue weighted by atomic mass is 10.3. The van der Waals surface area contributed by atoms with Crippen LogP contribution in [0.1, 0.15) is 23.7 Å². The van der Waals surface area contributed by atoms with Crippen LogP contribution in [0.2, 0.25) is 0 Å². The van der Waals surface area contributed by atoms with Gasteiger partial charge < -0.3 is 15.2 Å². The molecule has 1 aromatic heterocycles. The number of carbonyl (C=O) groups is 2. The second-order valence-electron chi connectivity index (χ2n) is 5.31. The van der Waals surface area contributed by atoms with Crippen molar-refractivity contribution in [2.75, 3.05) is 26.2 Å². The third-order valence-corrected chi connectivity index (χ3v) is 3.49. The molecule has 1 fully saturated rings. The largest absolute Gasteiger partial charge is 0.356 e. The highest BCUT2D eigenvalue weighted by Crippen LogP contribution is 2.08. The summed E-state index contributed by atoms with van der Waals surface area (Å²) in [6.45, 7) is 4.81. The molecule has 0 aliphatic carbocycles.